The number of carbonyl (C=O) groups is 3. The lowest BCUT2D eigenvalue weighted by Gasteiger charge is -2.21. The highest BCUT2D eigenvalue weighted by Crippen LogP contribution is 2.23. The first-order valence-electron chi connectivity index (χ1n) is 9.17. The summed E-state index contributed by atoms with van der Waals surface area (Å²) >= 11 is 0. The molecule has 2 atom stereocenters. The molecule has 3 rings (SSSR count). The number of nitrogens with one attached hydrogen (secondary N) is 1. The minimum absolute atomic E-state index is 0.101. The van der Waals surface area contributed by atoms with Crippen molar-refractivity contribution >= 4 is 17.8 Å². The van der Waals surface area contributed by atoms with E-state index in [0.29, 0.717) is 30.0 Å². The molecular formula is C21H21FN2O5. The van der Waals surface area contributed by atoms with Crippen LogP contribution >= 0.6 is 0 Å². The third-order valence-corrected chi connectivity index (χ3v) is 4.68. The van der Waals surface area contributed by atoms with Crippen molar-refractivity contribution in [3.63, 3.8) is 0 Å². The number of hydrogen-bond acceptors (Lipinski definition) is 4. The predicted octanol–water partition coefficient (Wildman–Crippen LogP) is 2.67. The number of carboxylic acids is 1. The van der Waals surface area contributed by atoms with Gasteiger partial charge in [-0.25, -0.2) is 9.18 Å². The van der Waals surface area contributed by atoms with Crippen LogP contribution in [0.5, 0.6) is 11.5 Å². The quantitative estimate of drug-likeness (QED) is 0.777. The number of ether oxygens (including phenoxy) is 1. The zero-order valence-corrected chi connectivity index (χ0v) is 15.8. The van der Waals surface area contributed by atoms with Gasteiger partial charge < -0.3 is 20.1 Å². The van der Waals surface area contributed by atoms with Gasteiger partial charge in [0.05, 0.1) is 6.54 Å². The van der Waals surface area contributed by atoms with Gasteiger partial charge in [0.25, 0.3) is 5.91 Å². The Balaban J connectivity index is 1.54. The van der Waals surface area contributed by atoms with E-state index in [1.807, 2.05) is 6.92 Å². The van der Waals surface area contributed by atoms with Gasteiger partial charge in [-0.3, -0.25) is 9.59 Å². The minimum Gasteiger partial charge on any atom is -0.480 e. The maximum atomic E-state index is 12.9. The van der Waals surface area contributed by atoms with Gasteiger partial charge in [-0.15, -0.1) is 0 Å². The van der Waals surface area contributed by atoms with Crippen LogP contribution in [0.15, 0.2) is 48.5 Å². The molecule has 1 aliphatic heterocycles. The molecule has 2 aromatic rings. The molecule has 0 unspecified atom stereocenters. The van der Waals surface area contributed by atoms with Crippen molar-refractivity contribution in [1.29, 1.82) is 0 Å². The van der Waals surface area contributed by atoms with Crippen LogP contribution in [0.2, 0.25) is 0 Å². The number of rotatable bonds is 6. The summed E-state index contributed by atoms with van der Waals surface area (Å²) in [5.41, 5.74) is 0.328. The molecule has 0 radical (unpaired) electrons. The predicted molar refractivity (Wildman–Crippen MR) is 102 cm³/mol. The molecule has 0 saturated carbocycles. The third kappa shape index (κ3) is 5.10. The Kier molecular flexibility index (Phi) is 6.11. The van der Waals surface area contributed by atoms with Gasteiger partial charge in [0.15, 0.2) is 0 Å². The van der Waals surface area contributed by atoms with E-state index in [9.17, 15) is 23.9 Å². The van der Waals surface area contributed by atoms with Crippen LogP contribution in [0.25, 0.3) is 0 Å². The first-order valence-corrected chi connectivity index (χ1v) is 9.17. The smallest absolute Gasteiger partial charge is 0.326 e. The fourth-order valence-corrected chi connectivity index (χ4v) is 3.23. The molecule has 0 spiro atoms. The first kappa shape index (κ1) is 20.3. The summed E-state index contributed by atoms with van der Waals surface area (Å²) in [6, 6.07) is 10.9. The molecule has 0 aromatic heterocycles. The third-order valence-electron chi connectivity index (χ3n) is 4.68. The van der Waals surface area contributed by atoms with Gasteiger partial charge in [-0.05, 0) is 60.9 Å². The van der Waals surface area contributed by atoms with Crippen LogP contribution in [-0.4, -0.2) is 46.9 Å². The second-order valence-corrected chi connectivity index (χ2v) is 7.00. The monoisotopic (exact) mass is 400 g/mol. The van der Waals surface area contributed by atoms with Gasteiger partial charge in [0.2, 0.25) is 5.91 Å². The topological polar surface area (TPSA) is 95.9 Å². The van der Waals surface area contributed by atoms with Crippen LogP contribution < -0.4 is 10.1 Å². The Labute approximate surface area is 167 Å². The second kappa shape index (κ2) is 8.72. The number of benzene rings is 2. The molecule has 0 aliphatic carbocycles. The molecule has 152 valence electrons. The number of carbonyl (C=O) groups excluding carboxylic acids is 2. The first-order chi connectivity index (χ1) is 13.8. The number of aliphatic carboxylic acids is 1. The van der Waals surface area contributed by atoms with E-state index in [1.54, 1.807) is 12.1 Å². The van der Waals surface area contributed by atoms with Crippen molar-refractivity contribution < 1.29 is 28.6 Å². The van der Waals surface area contributed by atoms with E-state index in [0.717, 1.165) is 0 Å². The molecule has 29 heavy (non-hydrogen) atoms. The summed E-state index contributed by atoms with van der Waals surface area (Å²) in [5, 5.41) is 11.8. The largest absolute Gasteiger partial charge is 0.480 e. The summed E-state index contributed by atoms with van der Waals surface area (Å²) in [7, 11) is 0. The fraction of sp³-hybridized carbons (Fsp3) is 0.286. The average molecular weight is 400 g/mol. The average Bonchev–Trinajstić information content (AvgIpc) is 3.10. The second-order valence-electron chi connectivity index (χ2n) is 7.00. The van der Waals surface area contributed by atoms with Crippen LogP contribution in [0.3, 0.4) is 0 Å². The maximum Gasteiger partial charge on any atom is 0.326 e. The van der Waals surface area contributed by atoms with Gasteiger partial charge in [-0.1, -0.05) is 6.92 Å². The zero-order chi connectivity index (χ0) is 21.0. The summed E-state index contributed by atoms with van der Waals surface area (Å²) < 4.78 is 18.5. The summed E-state index contributed by atoms with van der Waals surface area (Å²) in [4.78, 5) is 37.2. The molecule has 1 fully saturated rings. The number of likely N-dealkylation sites (tertiary alicyclic amines) is 1. The lowest BCUT2D eigenvalue weighted by Crippen LogP contribution is -2.45. The van der Waals surface area contributed by atoms with E-state index in [1.165, 1.54) is 41.3 Å². The molecule has 1 saturated heterocycles. The summed E-state index contributed by atoms with van der Waals surface area (Å²) in [5.74, 6) is -1.24. The minimum atomic E-state index is -1.04. The Hall–Kier alpha value is -3.42. The lowest BCUT2D eigenvalue weighted by atomic mass is 10.1. The molecule has 0 bridgehead atoms. The van der Waals surface area contributed by atoms with Crippen molar-refractivity contribution in [2.75, 3.05) is 13.1 Å². The lowest BCUT2D eigenvalue weighted by molar-refractivity contribution is -0.147. The maximum absolute atomic E-state index is 12.9. The highest BCUT2D eigenvalue weighted by Gasteiger charge is 2.37. The van der Waals surface area contributed by atoms with Crippen molar-refractivity contribution in [2.45, 2.75) is 19.4 Å². The standard InChI is InChI=1S/C21H21FN2O5/c1-13-10-18(21(27)28)24(12-13)19(25)11-23-20(26)14-2-6-16(7-3-14)29-17-8-4-15(22)5-9-17/h2-9,13,18H,10-12H2,1H3,(H,23,26)(H,27,28)/t13-,18-/m0/s1. The SMILES string of the molecule is C[C@H]1C[C@@H](C(=O)O)N(C(=O)CNC(=O)c2ccc(Oc3ccc(F)cc3)cc2)C1. The Morgan fingerprint density at radius 3 is 2.28 bits per heavy atom. The van der Waals surface area contributed by atoms with Gasteiger partial charge >= 0.3 is 5.97 Å². The fourth-order valence-electron chi connectivity index (χ4n) is 3.23. The number of amides is 2. The Bertz CT molecular complexity index is 898. The van der Waals surface area contributed by atoms with Crippen molar-refractivity contribution in [3.05, 3.63) is 59.9 Å². The van der Waals surface area contributed by atoms with Crippen molar-refractivity contribution in [1.82, 2.24) is 10.2 Å². The van der Waals surface area contributed by atoms with Gasteiger partial charge in [0.1, 0.15) is 23.4 Å². The van der Waals surface area contributed by atoms with E-state index < -0.39 is 23.8 Å². The molecule has 1 aliphatic rings. The van der Waals surface area contributed by atoms with Gasteiger partial charge in [0, 0.05) is 12.1 Å². The van der Waals surface area contributed by atoms with E-state index in [4.69, 9.17) is 4.74 Å². The molecule has 1 heterocycles. The molecule has 8 heteroatoms. The van der Waals surface area contributed by atoms with E-state index in [-0.39, 0.29) is 18.3 Å². The molecule has 2 aromatic carbocycles. The number of nitrogens with zero attached hydrogens (tertiary/aromatic N) is 1. The molecule has 2 N–H and O–H groups in total. The molecular weight excluding hydrogens is 379 g/mol. The molecule has 7 nitrogen and oxygen atoms in total. The van der Waals surface area contributed by atoms with Crippen LogP contribution in [0.4, 0.5) is 4.39 Å². The van der Waals surface area contributed by atoms with E-state index >= 15 is 0 Å². The van der Waals surface area contributed by atoms with Crippen molar-refractivity contribution in [2.24, 2.45) is 5.92 Å². The highest BCUT2D eigenvalue weighted by molar-refractivity contribution is 5.97. The Morgan fingerprint density at radius 1 is 1.10 bits per heavy atom. The van der Waals surface area contributed by atoms with E-state index in [2.05, 4.69) is 5.32 Å². The zero-order valence-electron chi connectivity index (χ0n) is 15.8. The Morgan fingerprint density at radius 2 is 1.69 bits per heavy atom. The van der Waals surface area contributed by atoms with Crippen LogP contribution in [0.1, 0.15) is 23.7 Å². The number of hydrogen-bond donors (Lipinski definition) is 2. The van der Waals surface area contributed by atoms with Gasteiger partial charge in [-0.2, -0.15) is 0 Å². The molecule has 2 amide bonds. The summed E-state index contributed by atoms with van der Waals surface area (Å²) in [6.45, 7) is 1.97. The number of halogens is 1. The van der Waals surface area contributed by atoms with Crippen LogP contribution in [0, 0.1) is 11.7 Å². The summed E-state index contributed by atoms with van der Waals surface area (Å²) in [6.07, 6.45) is 0.407. The van der Waals surface area contributed by atoms with Crippen LogP contribution in [-0.2, 0) is 9.59 Å². The normalized spacial score (nSPS) is 18.3. The van der Waals surface area contributed by atoms with Crippen molar-refractivity contribution in [3.8, 4) is 11.5 Å². The highest BCUT2D eigenvalue weighted by atomic mass is 19.1. The number of carboxylic acid groups (broad SMARTS) is 1.